The van der Waals surface area contributed by atoms with Gasteiger partial charge in [0.15, 0.2) is 0 Å². The highest BCUT2D eigenvalue weighted by Crippen LogP contribution is 2.19. The molecule has 0 aromatic heterocycles. The summed E-state index contributed by atoms with van der Waals surface area (Å²) in [6, 6.07) is 15.2. The van der Waals surface area contributed by atoms with Crippen LogP contribution >= 0.6 is 0 Å². The van der Waals surface area contributed by atoms with Gasteiger partial charge in [0, 0.05) is 12.1 Å². The highest BCUT2D eigenvalue weighted by atomic mass is 16.3. The molecule has 4 nitrogen and oxygen atoms in total. The van der Waals surface area contributed by atoms with Gasteiger partial charge in [0.2, 0.25) is 0 Å². The van der Waals surface area contributed by atoms with Crippen molar-refractivity contribution in [3.05, 3.63) is 59.7 Å². The maximum atomic E-state index is 9.80. The summed E-state index contributed by atoms with van der Waals surface area (Å²) in [4.78, 5) is 2.01. The third kappa shape index (κ3) is 4.10. The van der Waals surface area contributed by atoms with Crippen LogP contribution in [0.5, 0.6) is 5.75 Å². The van der Waals surface area contributed by atoms with Crippen LogP contribution in [0.2, 0.25) is 0 Å². The summed E-state index contributed by atoms with van der Waals surface area (Å²) in [5, 5.41) is 14.0. The van der Waals surface area contributed by atoms with E-state index in [0.29, 0.717) is 12.3 Å². The summed E-state index contributed by atoms with van der Waals surface area (Å²) in [6.07, 6.45) is 1.74. The number of para-hydroxylation sites is 1. The van der Waals surface area contributed by atoms with Gasteiger partial charge in [-0.25, -0.2) is 0 Å². The number of hydrogen-bond donors (Lipinski definition) is 2. The first kappa shape index (κ1) is 14.1. The van der Waals surface area contributed by atoms with E-state index >= 15 is 0 Å². The highest BCUT2D eigenvalue weighted by molar-refractivity contribution is 5.80. The molecule has 0 aliphatic heterocycles. The van der Waals surface area contributed by atoms with Crippen LogP contribution in [-0.4, -0.2) is 30.3 Å². The molecule has 0 unspecified atom stereocenters. The third-order valence-corrected chi connectivity index (χ3v) is 2.77. The van der Waals surface area contributed by atoms with E-state index in [2.05, 4.69) is 10.5 Å². The fourth-order valence-corrected chi connectivity index (χ4v) is 1.85. The number of anilines is 1. The molecule has 4 heteroatoms. The molecule has 0 spiro atoms. The Balaban J connectivity index is 2.06. The molecular weight excluding hydrogens is 250 g/mol. The molecule has 2 aromatic rings. The Hall–Kier alpha value is -2.33. The van der Waals surface area contributed by atoms with Crippen LogP contribution in [0.3, 0.4) is 0 Å². The van der Waals surface area contributed by atoms with Crippen molar-refractivity contribution in [1.29, 1.82) is 0 Å². The van der Waals surface area contributed by atoms with Crippen LogP contribution in [0, 0.1) is 0 Å². The summed E-state index contributed by atoms with van der Waals surface area (Å²) < 4.78 is 0. The average Bonchev–Trinajstić information content (AvgIpc) is 2.43. The van der Waals surface area contributed by atoms with Crippen LogP contribution < -0.4 is 5.43 Å². The lowest BCUT2D eigenvalue weighted by Crippen LogP contribution is -2.11. The van der Waals surface area contributed by atoms with E-state index in [1.54, 1.807) is 12.3 Å². The maximum absolute atomic E-state index is 9.80. The van der Waals surface area contributed by atoms with Gasteiger partial charge in [-0.15, -0.1) is 0 Å². The number of phenolic OH excluding ortho intramolecular Hbond substituents is 1. The van der Waals surface area contributed by atoms with E-state index in [-0.39, 0.29) is 0 Å². The first-order valence-corrected chi connectivity index (χ1v) is 6.46. The standard InChI is InChI=1S/C16H19N3O/c1-19(2)12-14-10-13(8-9-16(14)20)11-17-18-15-6-4-3-5-7-15/h3-11,18,20H,12H2,1-2H3. The van der Waals surface area contributed by atoms with Gasteiger partial charge < -0.3 is 10.0 Å². The van der Waals surface area contributed by atoms with Crippen molar-refractivity contribution >= 4 is 11.9 Å². The van der Waals surface area contributed by atoms with Crippen molar-refractivity contribution in [2.24, 2.45) is 5.10 Å². The van der Waals surface area contributed by atoms with E-state index in [1.165, 1.54) is 0 Å². The Morgan fingerprint density at radius 3 is 2.60 bits per heavy atom. The fraction of sp³-hybridized carbons (Fsp3) is 0.188. The Bertz CT molecular complexity index is 580. The molecule has 0 aliphatic rings. The largest absolute Gasteiger partial charge is 0.508 e. The maximum Gasteiger partial charge on any atom is 0.120 e. The van der Waals surface area contributed by atoms with E-state index in [0.717, 1.165) is 16.8 Å². The fourth-order valence-electron chi connectivity index (χ4n) is 1.85. The Morgan fingerprint density at radius 2 is 1.90 bits per heavy atom. The van der Waals surface area contributed by atoms with Crippen molar-refractivity contribution in [2.75, 3.05) is 19.5 Å². The van der Waals surface area contributed by atoms with Crippen LogP contribution in [0.15, 0.2) is 53.6 Å². The van der Waals surface area contributed by atoms with Gasteiger partial charge in [-0.2, -0.15) is 5.10 Å². The van der Waals surface area contributed by atoms with E-state index in [4.69, 9.17) is 0 Å². The Morgan fingerprint density at radius 1 is 1.15 bits per heavy atom. The van der Waals surface area contributed by atoms with Crippen molar-refractivity contribution < 1.29 is 5.11 Å². The van der Waals surface area contributed by atoms with E-state index in [9.17, 15) is 5.11 Å². The molecule has 2 N–H and O–H groups in total. The molecule has 0 amide bonds. The average molecular weight is 269 g/mol. The molecule has 0 radical (unpaired) electrons. The molecule has 0 saturated carbocycles. The first-order chi connectivity index (χ1) is 9.65. The third-order valence-electron chi connectivity index (χ3n) is 2.77. The lowest BCUT2D eigenvalue weighted by molar-refractivity contribution is 0.386. The number of hydrogen-bond acceptors (Lipinski definition) is 4. The van der Waals surface area contributed by atoms with Gasteiger partial charge in [0.05, 0.1) is 11.9 Å². The van der Waals surface area contributed by atoms with Gasteiger partial charge >= 0.3 is 0 Å². The molecule has 0 fully saturated rings. The first-order valence-electron chi connectivity index (χ1n) is 6.46. The Labute approximate surface area is 119 Å². The molecule has 20 heavy (non-hydrogen) atoms. The summed E-state index contributed by atoms with van der Waals surface area (Å²) in [7, 11) is 3.94. The van der Waals surface area contributed by atoms with E-state index in [1.807, 2.05) is 61.5 Å². The monoisotopic (exact) mass is 269 g/mol. The van der Waals surface area contributed by atoms with Crippen molar-refractivity contribution in [2.45, 2.75) is 6.54 Å². The van der Waals surface area contributed by atoms with Crippen LogP contribution in [0.4, 0.5) is 5.69 Å². The van der Waals surface area contributed by atoms with Gasteiger partial charge in [-0.1, -0.05) is 18.2 Å². The second-order valence-electron chi connectivity index (χ2n) is 4.86. The summed E-state index contributed by atoms with van der Waals surface area (Å²) in [5.74, 6) is 0.312. The predicted molar refractivity (Wildman–Crippen MR) is 83.2 cm³/mol. The molecule has 2 aromatic carbocycles. The van der Waals surface area contributed by atoms with E-state index < -0.39 is 0 Å². The molecule has 2 rings (SSSR count). The number of phenols is 1. The Kier molecular flexibility index (Phi) is 4.74. The highest BCUT2D eigenvalue weighted by Gasteiger charge is 2.03. The predicted octanol–water partition coefficient (Wildman–Crippen LogP) is 2.90. The number of aromatic hydroxyl groups is 1. The minimum atomic E-state index is 0.312. The van der Waals surface area contributed by atoms with Crippen molar-refractivity contribution in [3.8, 4) is 5.75 Å². The topological polar surface area (TPSA) is 47.9 Å². The number of benzene rings is 2. The zero-order valence-electron chi connectivity index (χ0n) is 11.7. The van der Waals surface area contributed by atoms with Gasteiger partial charge in [-0.05, 0) is 50.0 Å². The summed E-state index contributed by atoms with van der Waals surface area (Å²) in [5.41, 5.74) is 5.74. The SMILES string of the molecule is CN(C)Cc1cc(C=NNc2ccccc2)ccc1O. The second-order valence-corrected chi connectivity index (χ2v) is 4.86. The smallest absolute Gasteiger partial charge is 0.120 e. The van der Waals surface area contributed by atoms with Crippen LogP contribution in [-0.2, 0) is 6.54 Å². The van der Waals surface area contributed by atoms with Crippen molar-refractivity contribution in [3.63, 3.8) is 0 Å². The molecule has 0 bridgehead atoms. The molecule has 0 heterocycles. The normalized spacial score (nSPS) is 11.2. The zero-order valence-corrected chi connectivity index (χ0v) is 11.7. The quantitative estimate of drug-likeness (QED) is 0.648. The number of rotatable bonds is 5. The second kappa shape index (κ2) is 6.73. The zero-order chi connectivity index (χ0) is 14.4. The number of nitrogens with zero attached hydrogens (tertiary/aromatic N) is 2. The van der Waals surface area contributed by atoms with Crippen molar-refractivity contribution in [1.82, 2.24) is 4.90 Å². The molecular formula is C16H19N3O. The molecule has 0 atom stereocenters. The minimum absolute atomic E-state index is 0.312. The number of nitrogens with one attached hydrogen (secondary N) is 1. The van der Waals surface area contributed by atoms with Crippen LogP contribution in [0.1, 0.15) is 11.1 Å². The molecule has 104 valence electrons. The number of hydrazone groups is 1. The van der Waals surface area contributed by atoms with Gasteiger partial charge in [0.1, 0.15) is 5.75 Å². The minimum Gasteiger partial charge on any atom is -0.508 e. The summed E-state index contributed by atoms with van der Waals surface area (Å²) in [6.45, 7) is 0.694. The molecule has 0 aliphatic carbocycles. The lowest BCUT2D eigenvalue weighted by atomic mass is 10.1. The lowest BCUT2D eigenvalue weighted by Gasteiger charge is -2.11. The molecule has 0 saturated heterocycles. The summed E-state index contributed by atoms with van der Waals surface area (Å²) >= 11 is 0. The van der Waals surface area contributed by atoms with Gasteiger partial charge in [0.25, 0.3) is 0 Å². The van der Waals surface area contributed by atoms with Crippen LogP contribution in [0.25, 0.3) is 0 Å². The van der Waals surface area contributed by atoms with Gasteiger partial charge in [-0.3, -0.25) is 5.43 Å².